The molecule has 2 N–H and O–H groups in total. The minimum absolute atomic E-state index is 0.195. The molecule has 0 aliphatic heterocycles. The van der Waals surface area contributed by atoms with E-state index in [1.54, 1.807) is 41.7 Å². The Morgan fingerprint density at radius 2 is 2.16 bits per heavy atom. The maximum absolute atomic E-state index is 12.6. The van der Waals surface area contributed by atoms with E-state index in [1.807, 2.05) is 41.8 Å². The molecule has 0 fully saturated rings. The molecule has 0 radical (unpaired) electrons. The van der Waals surface area contributed by atoms with Crippen LogP contribution < -0.4 is 5.32 Å². The minimum atomic E-state index is -0.195. The zero-order valence-corrected chi connectivity index (χ0v) is 14.2. The Hall–Kier alpha value is -3.19. The summed E-state index contributed by atoms with van der Waals surface area (Å²) in [6.45, 7) is 0. The number of imidazole rings is 1. The predicted octanol–water partition coefficient (Wildman–Crippen LogP) is 3.79. The summed E-state index contributed by atoms with van der Waals surface area (Å²) in [4.78, 5) is 20.7. The highest BCUT2D eigenvalue weighted by Gasteiger charge is 2.15. The molecule has 0 aliphatic carbocycles. The Morgan fingerprint density at radius 3 is 2.92 bits per heavy atom. The number of amides is 1. The molecule has 1 aromatic carbocycles. The van der Waals surface area contributed by atoms with E-state index in [0.29, 0.717) is 5.69 Å². The van der Waals surface area contributed by atoms with Crippen molar-refractivity contribution in [1.82, 2.24) is 19.7 Å². The fraction of sp³-hybridized carbons (Fsp3) is 0.0556. The van der Waals surface area contributed by atoms with Crippen LogP contribution in [0, 0.1) is 0 Å². The van der Waals surface area contributed by atoms with Gasteiger partial charge in [-0.3, -0.25) is 9.48 Å². The Labute approximate surface area is 148 Å². The Morgan fingerprint density at radius 1 is 1.24 bits per heavy atom. The summed E-state index contributed by atoms with van der Waals surface area (Å²) in [5.74, 6) is -0.195. The van der Waals surface area contributed by atoms with Gasteiger partial charge in [0.2, 0.25) is 0 Å². The third-order valence-electron chi connectivity index (χ3n) is 3.82. The average Bonchev–Trinajstić information content (AvgIpc) is 3.36. The molecule has 0 saturated carbocycles. The van der Waals surface area contributed by atoms with E-state index in [4.69, 9.17) is 0 Å². The van der Waals surface area contributed by atoms with Gasteiger partial charge in [-0.25, -0.2) is 4.98 Å². The second-order valence-corrected chi connectivity index (χ2v) is 6.46. The van der Waals surface area contributed by atoms with Crippen molar-refractivity contribution in [1.29, 1.82) is 0 Å². The molecule has 0 saturated heterocycles. The monoisotopic (exact) mass is 349 g/mol. The lowest BCUT2D eigenvalue weighted by Crippen LogP contribution is -2.16. The smallest absolute Gasteiger partial charge is 0.273 e. The lowest BCUT2D eigenvalue weighted by atomic mass is 10.1. The Balaban J connectivity index is 1.58. The van der Waals surface area contributed by atoms with Crippen LogP contribution in [0.15, 0.2) is 60.4 Å². The fourth-order valence-electron chi connectivity index (χ4n) is 2.60. The van der Waals surface area contributed by atoms with Crippen LogP contribution in [0.3, 0.4) is 0 Å². The van der Waals surface area contributed by atoms with Crippen LogP contribution in [-0.4, -0.2) is 25.7 Å². The zero-order valence-electron chi connectivity index (χ0n) is 13.4. The number of hydrogen-bond donors (Lipinski definition) is 2. The van der Waals surface area contributed by atoms with Crippen molar-refractivity contribution in [3.63, 3.8) is 0 Å². The van der Waals surface area contributed by atoms with Gasteiger partial charge in [0.05, 0.1) is 23.1 Å². The van der Waals surface area contributed by atoms with E-state index in [9.17, 15) is 4.79 Å². The van der Waals surface area contributed by atoms with Crippen LogP contribution in [0.5, 0.6) is 0 Å². The van der Waals surface area contributed by atoms with Crippen LogP contribution in [0.4, 0.5) is 5.69 Å². The van der Waals surface area contributed by atoms with E-state index in [1.165, 1.54) is 0 Å². The van der Waals surface area contributed by atoms with Crippen molar-refractivity contribution in [2.24, 2.45) is 7.05 Å². The van der Waals surface area contributed by atoms with E-state index in [-0.39, 0.29) is 5.91 Å². The summed E-state index contributed by atoms with van der Waals surface area (Å²) < 4.78 is 1.60. The summed E-state index contributed by atoms with van der Waals surface area (Å²) in [5.41, 5.74) is 3.89. The summed E-state index contributed by atoms with van der Waals surface area (Å²) in [7, 11) is 1.77. The van der Waals surface area contributed by atoms with Crippen LogP contribution >= 0.6 is 11.3 Å². The van der Waals surface area contributed by atoms with Crippen molar-refractivity contribution in [2.75, 3.05) is 5.32 Å². The molecule has 0 bridgehead atoms. The lowest BCUT2D eigenvalue weighted by Gasteiger charge is -2.06. The largest absolute Gasteiger partial charge is 0.345 e. The fourth-order valence-corrected chi connectivity index (χ4v) is 3.28. The minimum Gasteiger partial charge on any atom is -0.345 e. The van der Waals surface area contributed by atoms with Crippen molar-refractivity contribution >= 4 is 22.9 Å². The zero-order chi connectivity index (χ0) is 17.2. The summed E-state index contributed by atoms with van der Waals surface area (Å²) in [6, 6.07) is 13.4. The highest BCUT2D eigenvalue weighted by molar-refractivity contribution is 7.13. The van der Waals surface area contributed by atoms with Gasteiger partial charge in [-0.05, 0) is 29.6 Å². The molecule has 0 spiro atoms. The van der Waals surface area contributed by atoms with E-state index in [0.717, 1.165) is 27.5 Å². The maximum Gasteiger partial charge on any atom is 0.273 e. The number of H-pyrrole nitrogens is 1. The number of aromatic nitrogens is 4. The van der Waals surface area contributed by atoms with Crippen molar-refractivity contribution in [3.05, 3.63) is 66.1 Å². The standard InChI is InChI=1S/C18H15N5OS/c1-23-16(9-14(22-23)17-6-3-7-25-17)18(24)21-13-5-2-4-12(8-13)15-10-19-11-20-15/h2-11H,1H3,(H,19,20)(H,21,24). The van der Waals surface area contributed by atoms with Crippen molar-refractivity contribution in [3.8, 4) is 21.8 Å². The third kappa shape index (κ3) is 3.09. The molecule has 3 aromatic heterocycles. The second-order valence-electron chi connectivity index (χ2n) is 5.52. The highest BCUT2D eigenvalue weighted by Crippen LogP contribution is 2.25. The molecule has 25 heavy (non-hydrogen) atoms. The van der Waals surface area contributed by atoms with Gasteiger partial charge in [0.1, 0.15) is 11.4 Å². The number of thiophene rings is 1. The molecule has 1 amide bonds. The van der Waals surface area contributed by atoms with Crippen LogP contribution in [-0.2, 0) is 7.05 Å². The molecule has 4 rings (SSSR count). The topological polar surface area (TPSA) is 75.6 Å². The van der Waals surface area contributed by atoms with Crippen LogP contribution in [0.25, 0.3) is 21.8 Å². The van der Waals surface area contributed by atoms with E-state index >= 15 is 0 Å². The second kappa shape index (κ2) is 6.37. The molecule has 6 nitrogen and oxygen atoms in total. The first-order chi connectivity index (χ1) is 12.2. The number of aryl methyl sites for hydroxylation is 1. The van der Waals surface area contributed by atoms with Gasteiger partial charge in [0.15, 0.2) is 0 Å². The molecule has 7 heteroatoms. The van der Waals surface area contributed by atoms with Crippen molar-refractivity contribution < 1.29 is 4.79 Å². The van der Waals surface area contributed by atoms with Gasteiger partial charge >= 0.3 is 0 Å². The number of benzene rings is 1. The van der Waals surface area contributed by atoms with E-state index < -0.39 is 0 Å². The van der Waals surface area contributed by atoms with Crippen LogP contribution in [0.1, 0.15) is 10.5 Å². The number of nitrogens with one attached hydrogen (secondary N) is 2. The van der Waals surface area contributed by atoms with E-state index in [2.05, 4.69) is 20.4 Å². The summed E-state index contributed by atoms with van der Waals surface area (Å²) in [6.07, 6.45) is 3.37. The SMILES string of the molecule is Cn1nc(-c2cccs2)cc1C(=O)Nc1cccc(-c2cnc[nH]2)c1. The molecular formula is C18H15N5OS. The average molecular weight is 349 g/mol. The summed E-state index contributed by atoms with van der Waals surface area (Å²) >= 11 is 1.60. The number of anilines is 1. The highest BCUT2D eigenvalue weighted by atomic mass is 32.1. The molecule has 0 aliphatic rings. The molecule has 0 unspecified atom stereocenters. The number of carbonyl (C=O) groups is 1. The molecule has 3 heterocycles. The molecule has 124 valence electrons. The van der Waals surface area contributed by atoms with Gasteiger partial charge in [-0.1, -0.05) is 18.2 Å². The molecular weight excluding hydrogens is 334 g/mol. The predicted molar refractivity (Wildman–Crippen MR) is 98.5 cm³/mol. The first kappa shape index (κ1) is 15.3. The summed E-state index contributed by atoms with van der Waals surface area (Å²) in [5, 5.41) is 9.35. The first-order valence-corrected chi connectivity index (χ1v) is 8.57. The van der Waals surface area contributed by atoms with Gasteiger partial charge in [-0.2, -0.15) is 5.10 Å². The normalized spacial score (nSPS) is 10.8. The van der Waals surface area contributed by atoms with Gasteiger partial charge < -0.3 is 10.3 Å². The molecule has 4 aromatic rings. The number of aromatic amines is 1. The number of nitrogens with zero attached hydrogens (tertiary/aromatic N) is 3. The quantitative estimate of drug-likeness (QED) is 0.588. The van der Waals surface area contributed by atoms with Gasteiger partial charge in [-0.15, -0.1) is 11.3 Å². The maximum atomic E-state index is 12.6. The first-order valence-electron chi connectivity index (χ1n) is 7.69. The van der Waals surface area contributed by atoms with Crippen molar-refractivity contribution in [2.45, 2.75) is 0 Å². The number of rotatable bonds is 4. The molecule has 0 atom stereocenters. The Kier molecular flexibility index (Phi) is 3.91. The van der Waals surface area contributed by atoms with Gasteiger partial charge in [0.25, 0.3) is 5.91 Å². The lowest BCUT2D eigenvalue weighted by molar-refractivity contribution is 0.101. The Bertz CT molecular complexity index is 1000. The third-order valence-corrected chi connectivity index (χ3v) is 4.71. The van der Waals surface area contributed by atoms with Crippen LogP contribution in [0.2, 0.25) is 0 Å². The number of carbonyl (C=O) groups excluding carboxylic acids is 1. The number of hydrogen-bond acceptors (Lipinski definition) is 4. The van der Waals surface area contributed by atoms with Gasteiger partial charge in [0, 0.05) is 18.3 Å².